The first kappa shape index (κ1) is 12.8. The van der Waals surface area contributed by atoms with Gasteiger partial charge in [-0.15, -0.1) is 0 Å². The molecule has 0 amide bonds. The summed E-state index contributed by atoms with van der Waals surface area (Å²) in [6, 6.07) is 13.3. The Hall–Kier alpha value is -1.67. The van der Waals surface area contributed by atoms with E-state index in [9.17, 15) is 4.39 Å². The number of hydrogen-bond acceptors (Lipinski definition) is 1. The minimum atomic E-state index is -0.265. The van der Waals surface area contributed by atoms with Gasteiger partial charge in [0.25, 0.3) is 0 Å². The van der Waals surface area contributed by atoms with Gasteiger partial charge in [0.15, 0.2) is 0 Å². The fraction of sp³-hybridized carbons (Fsp3) is 0.250. The lowest BCUT2D eigenvalue weighted by Gasteiger charge is -2.09. The summed E-state index contributed by atoms with van der Waals surface area (Å²) < 4.78 is 13.8. The van der Waals surface area contributed by atoms with E-state index in [1.165, 1.54) is 11.1 Å². The van der Waals surface area contributed by atoms with E-state index in [1.807, 2.05) is 6.07 Å². The Morgan fingerprint density at radius 3 is 2.22 bits per heavy atom. The highest BCUT2D eigenvalue weighted by atomic mass is 19.1. The third kappa shape index (κ3) is 2.96. The quantitative estimate of drug-likeness (QED) is 0.873. The van der Waals surface area contributed by atoms with Gasteiger partial charge in [0.05, 0.1) is 0 Å². The molecule has 0 radical (unpaired) electrons. The fourth-order valence-electron chi connectivity index (χ4n) is 1.99. The Balaban J connectivity index is 2.20. The maximum atomic E-state index is 13.8. The first-order valence-electron chi connectivity index (χ1n) is 6.15. The zero-order valence-corrected chi connectivity index (χ0v) is 10.8. The number of benzene rings is 2. The highest BCUT2D eigenvalue weighted by Gasteiger charge is 2.07. The Bertz CT molecular complexity index is 529. The summed E-state index contributed by atoms with van der Waals surface area (Å²) in [5.74, 6) is -0.213. The van der Waals surface area contributed by atoms with Crippen LogP contribution >= 0.6 is 0 Å². The fourth-order valence-corrected chi connectivity index (χ4v) is 1.99. The molecular weight excluding hydrogens is 225 g/mol. The van der Waals surface area contributed by atoms with Crippen molar-refractivity contribution in [1.82, 2.24) is 0 Å². The van der Waals surface area contributed by atoms with Crippen LogP contribution in [0.1, 0.15) is 35.2 Å². The van der Waals surface area contributed by atoms with Gasteiger partial charge in [0.2, 0.25) is 0 Å². The normalized spacial score (nSPS) is 12.4. The van der Waals surface area contributed by atoms with Crippen LogP contribution in [0.25, 0.3) is 0 Å². The van der Waals surface area contributed by atoms with Crippen molar-refractivity contribution in [2.45, 2.75) is 26.3 Å². The van der Waals surface area contributed by atoms with Crippen LogP contribution in [-0.2, 0) is 6.42 Å². The van der Waals surface area contributed by atoms with Gasteiger partial charge in [-0.05, 0) is 37.5 Å². The highest BCUT2D eigenvalue weighted by Crippen LogP contribution is 2.18. The van der Waals surface area contributed by atoms with E-state index in [0.29, 0.717) is 5.56 Å². The van der Waals surface area contributed by atoms with Gasteiger partial charge >= 0.3 is 0 Å². The molecule has 2 heteroatoms. The van der Waals surface area contributed by atoms with Crippen molar-refractivity contribution >= 4 is 0 Å². The predicted octanol–water partition coefficient (Wildman–Crippen LogP) is 3.74. The third-order valence-corrected chi connectivity index (χ3v) is 3.08. The lowest BCUT2D eigenvalue weighted by molar-refractivity contribution is 0.592. The van der Waals surface area contributed by atoms with E-state index < -0.39 is 0 Å². The minimum absolute atomic E-state index is 0.213. The molecule has 94 valence electrons. The standard InChI is InChI=1S/C16H18FN/c1-11-3-5-13(6-4-11)9-14-7-8-15(12(2)18)16(17)10-14/h3-8,10,12H,9,18H2,1-2H3. The van der Waals surface area contributed by atoms with Crippen molar-refractivity contribution in [1.29, 1.82) is 0 Å². The van der Waals surface area contributed by atoms with E-state index in [-0.39, 0.29) is 11.9 Å². The smallest absolute Gasteiger partial charge is 0.128 e. The summed E-state index contributed by atoms with van der Waals surface area (Å²) in [6.07, 6.45) is 0.746. The molecule has 2 aromatic carbocycles. The molecular formula is C16H18FN. The summed E-state index contributed by atoms with van der Waals surface area (Å²) >= 11 is 0. The molecule has 2 N–H and O–H groups in total. The minimum Gasteiger partial charge on any atom is -0.324 e. The largest absolute Gasteiger partial charge is 0.324 e. The molecule has 0 fully saturated rings. The van der Waals surface area contributed by atoms with Crippen LogP contribution in [-0.4, -0.2) is 0 Å². The van der Waals surface area contributed by atoms with Crippen LogP contribution in [0.15, 0.2) is 42.5 Å². The summed E-state index contributed by atoms with van der Waals surface area (Å²) in [4.78, 5) is 0. The molecule has 1 nitrogen and oxygen atoms in total. The number of rotatable bonds is 3. The second-order valence-corrected chi connectivity index (χ2v) is 4.81. The van der Waals surface area contributed by atoms with Crippen molar-refractivity contribution in [2.24, 2.45) is 5.73 Å². The predicted molar refractivity (Wildman–Crippen MR) is 73.0 cm³/mol. The molecule has 0 aliphatic rings. The molecule has 18 heavy (non-hydrogen) atoms. The van der Waals surface area contributed by atoms with Crippen molar-refractivity contribution in [3.63, 3.8) is 0 Å². The molecule has 0 saturated carbocycles. The van der Waals surface area contributed by atoms with Crippen LogP contribution in [0.5, 0.6) is 0 Å². The monoisotopic (exact) mass is 243 g/mol. The Morgan fingerprint density at radius 2 is 1.67 bits per heavy atom. The lowest BCUT2D eigenvalue weighted by atomic mass is 10.0. The van der Waals surface area contributed by atoms with Crippen LogP contribution in [0.2, 0.25) is 0 Å². The molecule has 0 heterocycles. The molecule has 1 unspecified atom stereocenters. The summed E-state index contributed by atoms with van der Waals surface area (Å²) in [5.41, 5.74) is 9.66. The van der Waals surface area contributed by atoms with Crippen molar-refractivity contribution in [2.75, 3.05) is 0 Å². The van der Waals surface area contributed by atoms with Gasteiger partial charge < -0.3 is 5.73 Å². The Labute approximate surface area is 107 Å². The van der Waals surface area contributed by atoms with Crippen LogP contribution in [0, 0.1) is 12.7 Å². The van der Waals surface area contributed by atoms with E-state index in [4.69, 9.17) is 5.73 Å². The molecule has 0 saturated heterocycles. The Kier molecular flexibility index (Phi) is 3.78. The van der Waals surface area contributed by atoms with Gasteiger partial charge in [-0.2, -0.15) is 0 Å². The van der Waals surface area contributed by atoms with E-state index in [0.717, 1.165) is 12.0 Å². The van der Waals surface area contributed by atoms with Crippen molar-refractivity contribution in [3.05, 3.63) is 70.5 Å². The molecule has 1 atom stereocenters. The molecule has 0 aliphatic carbocycles. The Morgan fingerprint density at radius 1 is 1.06 bits per heavy atom. The lowest BCUT2D eigenvalue weighted by Crippen LogP contribution is -2.07. The molecule has 0 aromatic heterocycles. The topological polar surface area (TPSA) is 26.0 Å². The molecule has 0 spiro atoms. The summed E-state index contributed by atoms with van der Waals surface area (Å²) in [5, 5.41) is 0. The van der Waals surface area contributed by atoms with Crippen molar-refractivity contribution < 1.29 is 4.39 Å². The number of nitrogens with two attached hydrogens (primary N) is 1. The van der Waals surface area contributed by atoms with Gasteiger partial charge in [0.1, 0.15) is 5.82 Å². The third-order valence-electron chi connectivity index (χ3n) is 3.08. The van der Waals surface area contributed by atoms with E-state index >= 15 is 0 Å². The zero-order valence-electron chi connectivity index (χ0n) is 10.8. The van der Waals surface area contributed by atoms with Gasteiger partial charge in [-0.3, -0.25) is 0 Å². The van der Waals surface area contributed by atoms with Gasteiger partial charge in [-0.25, -0.2) is 4.39 Å². The van der Waals surface area contributed by atoms with Crippen molar-refractivity contribution in [3.8, 4) is 0 Å². The molecule has 2 aromatic rings. The maximum absolute atomic E-state index is 13.8. The van der Waals surface area contributed by atoms with E-state index in [1.54, 1.807) is 19.1 Å². The average molecular weight is 243 g/mol. The number of halogens is 1. The van der Waals surface area contributed by atoms with Crippen LogP contribution in [0.3, 0.4) is 0 Å². The van der Waals surface area contributed by atoms with Gasteiger partial charge in [0, 0.05) is 11.6 Å². The zero-order chi connectivity index (χ0) is 13.1. The number of aryl methyl sites for hydroxylation is 1. The summed E-state index contributed by atoms with van der Waals surface area (Å²) in [6.45, 7) is 3.85. The van der Waals surface area contributed by atoms with E-state index in [2.05, 4.69) is 31.2 Å². The van der Waals surface area contributed by atoms with Crippen LogP contribution < -0.4 is 5.73 Å². The second kappa shape index (κ2) is 5.32. The molecule has 0 bridgehead atoms. The summed E-state index contributed by atoms with van der Waals surface area (Å²) in [7, 11) is 0. The van der Waals surface area contributed by atoms with Gasteiger partial charge in [-0.1, -0.05) is 42.0 Å². The highest BCUT2D eigenvalue weighted by molar-refractivity contribution is 5.31. The molecule has 0 aliphatic heterocycles. The second-order valence-electron chi connectivity index (χ2n) is 4.81. The SMILES string of the molecule is Cc1ccc(Cc2ccc(C(C)N)c(F)c2)cc1. The number of hydrogen-bond donors (Lipinski definition) is 1. The maximum Gasteiger partial charge on any atom is 0.128 e. The first-order valence-corrected chi connectivity index (χ1v) is 6.15. The molecule has 2 rings (SSSR count). The average Bonchev–Trinajstić information content (AvgIpc) is 2.32. The first-order chi connectivity index (χ1) is 8.56. The van der Waals surface area contributed by atoms with Crippen LogP contribution in [0.4, 0.5) is 4.39 Å².